The van der Waals surface area contributed by atoms with Gasteiger partial charge in [0.2, 0.25) is 5.91 Å². The van der Waals surface area contributed by atoms with E-state index in [1.54, 1.807) is 12.1 Å². The topological polar surface area (TPSA) is 83.5 Å². The number of ketones is 1. The van der Waals surface area contributed by atoms with Crippen molar-refractivity contribution in [2.75, 3.05) is 11.1 Å². The predicted molar refractivity (Wildman–Crippen MR) is 122 cm³/mol. The number of anilines is 1. The molecule has 0 heterocycles. The number of amides is 1. The van der Waals surface area contributed by atoms with Gasteiger partial charge in [0.25, 0.3) is 0 Å². The van der Waals surface area contributed by atoms with Crippen LogP contribution >= 0.6 is 11.8 Å². The van der Waals surface area contributed by atoms with Crippen molar-refractivity contribution in [1.82, 2.24) is 0 Å². The van der Waals surface area contributed by atoms with Crippen molar-refractivity contribution in [3.05, 3.63) is 95.6 Å². The minimum Gasteiger partial charge on any atom is -0.478 e. The molecule has 3 aromatic rings. The van der Waals surface area contributed by atoms with Gasteiger partial charge in [-0.15, -0.1) is 11.8 Å². The molecule has 0 spiro atoms. The fourth-order valence-corrected chi connectivity index (χ4v) is 4.31. The zero-order valence-electron chi connectivity index (χ0n) is 16.5. The van der Waals surface area contributed by atoms with Crippen molar-refractivity contribution in [1.29, 1.82) is 0 Å². The van der Waals surface area contributed by atoms with Gasteiger partial charge in [0.05, 0.1) is 5.75 Å². The van der Waals surface area contributed by atoms with Gasteiger partial charge in [-0.3, -0.25) is 9.59 Å². The van der Waals surface area contributed by atoms with E-state index in [1.165, 1.54) is 34.0 Å². The summed E-state index contributed by atoms with van der Waals surface area (Å²) in [5, 5.41) is 11.1. The fourth-order valence-electron chi connectivity index (χ4n) is 3.52. The molecular weight excluding hydrogens is 410 g/mol. The van der Waals surface area contributed by atoms with E-state index in [1.807, 2.05) is 42.5 Å². The average molecular weight is 429 g/mol. The summed E-state index contributed by atoms with van der Waals surface area (Å²) in [7, 11) is 0. The van der Waals surface area contributed by atoms with E-state index in [9.17, 15) is 14.4 Å². The number of carbonyl (C=O) groups excluding carboxylic acids is 2. The van der Waals surface area contributed by atoms with Crippen molar-refractivity contribution in [2.45, 2.75) is 11.3 Å². The molecule has 31 heavy (non-hydrogen) atoms. The summed E-state index contributed by atoms with van der Waals surface area (Å²) in [5.74, 6) is -1.31. The molecule has 2 N–H and O–H groups in total. The fraction of sp³-hybridized carbons (Fsp3) is 0.0800. The molecule has 0 aromatic heterocycles. The molecule has 1 amide bonds. The molecule has 0 saturated carbocycles. The smallest absolute Gasteiger partial charge is 0.328 e. The van der Waals surface area contributed by atoms with Crippen molar-refractivity contribution >= 4 is 35.1 Å². The number of benzene rings is 3. The predicted octanol–water partition coefficient (Wildman–Crippen LogP) is 4.81. The second-order valence-corrected chi connectivity index (χ2v) is 8.15. The van der Waals surface area contributed by atoms with Crippen LogP contribution in [0.3, 0.4) is 0 Å². The Hall–Kier alpha value is -3.64. The second kappa shape index (κ2) is 9.02. The quantitative estimate of drug-likeness (QED) is 0.250. The first-order valence-electron chi connectivity index (χ1n) is 9.69. The van der Waals surface area contributed by atoms with E-state index in [2.05, 4.69) is 17.4 Å². The van der Waals surface area contributed by atoms with Gasteiger partial charge in [0.15, 0.2) is 5.78 Å². The summed E-state index contributed by atoms with van der Waals surface area (Å²) in [4.78, 5) is 35.7. The molecular formula is C25H19NO4S. The number of thioether (sulfide) groups is 1. The van der Waals surface area contributed by atoms with E-state index in [0.29, 0.717) is 17.0 Å². The molecule has 0 unspecified atom stereocenters. The number of carbonyl (C=O) groups is 3. The zero-order valence-corrected chi connectivity index (χ0v) is 17.3. The van der Waals surface area contributed by atoms with E-state index in [-0.39, 0.29) is 5.78 Å². The van der Waals surface area contributed by atoms with Crippen LogP contribution in [0.15, 0.2) is 83.8 Å². The van der Waals surface area contributed by atoms with Crippen LogP contribution in [0.5, 0.6) is 0 Å². The Kier molecular flexibility index (Phi) is 6.00. The lowest BCUT2D eigenvalue weighted by Gasteiger charge is -2.06. The standard InChI is InChI=1S/C25H19NO4S/c27-23(17-5-10-22-18(14-17)13-16-3-1-2-4-21(16)22)15-31-20-8-6-19(7-9-20)26-24(28)11-12-25(29)30/h1-12,14H,13,15H2,(H,26,28)(H,29,30)/b12-11+. The normalized spacial score (nSPS) is 11.7. The molecule has 3 aromatic carbocycles. The van der Waals surface area contributed by atoms with Crippen LogP contribution in [0, 0.1) is 0 Å². The number of rotatable bonds is 7. The Morgan fingerprint density at radius 1 is 0.903 bits per heavy atom. The van der Waals surface area contributed by atoms with E-state index in [0.717, 1.165) is 23.5 Å². The van der Waals surface area contributed by atoms with Crippen LogP contribution in [0.25, 0.3) is 11.1 Å². The number of Topliss-reactive ketones (excluding diaryl/α,β-unsaturated/α-hetero) is 1. The van der Waals surface area contributed by atoms with Crippen molar-refractivity contribution in [3.8, 4) is 11.1 Å². The molecule has 0 radical (unpaired) electrons. The SMILES string of the molecule is O=C(O)/C=C/C(=O)Nc1ccc(SCC(=O)c2ccc3c(c2)Cc2ccccc2-3)cc1. The maximum atomic E-state index is 12.7. The number of fused-ring (bicyclic) bond motifs is 3. The van der Waals surface area contributed by atoms with Crippen molar-refractivity contribution < 1.29 is 19.5 Å². The van der Waals surface area contributed by atoms with Gasteiger partial charge in [-0.2, -0.15) is 0 Å². The van der Waals surface area contributed by atoms with Crippen molar-refractivity contribution in [3.63, 3.8) is 0 Å². The number of aliphatic carboxylic acids is 1. The molecule has 154 valence electrons. The monoisotopic (exact) mass is 429 g/mol. The number of hydrogen-bond acceptors (Lipinski definition) is 4. The van der Waals surface area contributed by atoms with Gasteiger partial charge >= 0.3 is 5.97 Å². The highest BCUT2D eigenvalue weighted by atomic mass is 32.2. The Labute approximate surface area is 183 Å². The maximum absolute atomic E-state index is 12.7. The van der Waals surface area contributed by atoms with E-state index >= 15 is 0 Å². The average Bonchev–Trinajstić information content (AvgIpc) is 3.15. The highest BCUT2D eigenvalue weighted by Crippen LogP contribution is 2.37. The summed E-state index contributed by atoms with van der Waals surface area (Å²) in [6.45, 7) is 0. The lowest BCUT2D eigenvalue weighted by atomic mass is 10.0. The molecule has 1 aliphatic rings. The van der Waals surface area contributed by atoms with Gasteiger partial charge in [-0.05, 0) is 59.0 Å². The molecule has 4 rings (SSSR count). The largest absolute Gasteiger partial charge is 0.478 e. The minimum absolute atomic E-state index is 0.0694. The molecule has 5 nitrogen and oxygen atoms in total. The van der Waals surface area contributed by atoms with Gasteiger partial charge in [-0.25, -0.2) is 4.79 Å². The van der Waals surface area contributed by atoms with Crippen LogP contribution in [0.4, 0.5) is 5.69 Å². The summed E-state index contributed by atoms with van der Waals surface area (Å²) < 4.78 is 0. The first-order valence-corrected chi connectivity index (χ1v) is 10.7. The Balaban J connectivity index is 1.35. The Morgan fingerprint density at radius 2 is 1.65 bits per heavy atom. The first-order chi connectivity index (χ1) is 15.0. The summed E-state index contributed by atoms with van der Waals surface area (Å²) >= 11 is 1.43. The Morgan fingerprint density at radius 3 is 2.42 bits per heavy atom. The van der Waals surface area contributed by atoms with Gasteiger partial charge in [-0.1, -0.05) is 36.4 Å². The number of carboxylic acid groups (broad SMARTS) is 1. The summed E-state index contributed by atoms with van der Waals surface area (Å²) in [6.07, 6.45) is 2.59. The van der Waals surface area contributed by atoms with Crippen LogP contribution in [0.2, 0.25) is 0 Å². The van der Waals surface area contributed by atoms with E-state index < -0.39 is 11.9 Å². The van der Waals surface area contributed by atoms with Crippen LogP contribution < -0.4 is 5.32 Å². The Bertz CT molecular complexity index is 1200. The number of carboxylic acids is 1. The molecule has 0 fully saturated rings. The van der Waals surface area contributed by atoms with Gasteiger partial charge in [0, 0.05) is 28.3 Å². The van der Waals surface area contributed by atoms with Crippen LogP contribution in [-0.4, -0.2) is 28.5 Å². The minimum atomic E-state index is -1.18. The molecule has 1 aliphatic carbocycles. The molecule has 0 bridgehead atoms. The number of nitrogens with one attached hydrogen (secondary N) is 1. The van der Waals surface area contributed by atoms with E-state index in [4.69, 9.17) is 5.11 Å². The lowest BCUT2D eigenvalue weighted by Crippen LogP contribution is -2.08. The van der Waals surface area contributed by atoms with Gasteiger partial charge in [0.1, 0.15) is 0 Å². The zero-order chi connectivity index (χ0) is 21.8. The second-order valence-electron chi connectivity index (χ2n) is 7.10. The summed E-state index contributed by atoms with van der Waals surface area (Å²) in [6, 6.07) is 21.3. The first kappa shape index (κ1) is 20.6. The van der Waals surface area contributed by atoms with Crippen molar-refractivity contribution in [2.24, 2.45) is 0 Å². The highest BCUT2D eigenvalue weighted by Gasteiger charge is 2.19. The molecule has 6 heteroatoms. The summed E-state index contributed by atoms with van der Waals surface area (Å²) in [5.41, 5.74) is 6.20. The molecule has 0 aliphatic heterocycles. The van der Waals surface area contributed by atoms with Crippen LogP contribution in [0.1, 0.15) is 21.5 Å². The van der Waals surface area contributed by atoms with Crippen LogP contribution in [-0.2, 0) is 16.0 Å². The molecule has 0 saturated heterocycles. The maximum Gasteiger partial charge on any atom is 0.328 e. The molecule has 0 atom stereocenters. The third-order valence-electron chi connectivity index (χ3n) is 4.98. The highest BCUT2D eigenvalue weighted by molar-refractivity contribution is 8.00. The third-order valence-corrected chi connectivity index (χ3v) is 6.00. The van der Waals surface area contributed by atoms with Gasteiger partial charge < -0.3 is 10.4 Å². The third kappa shape index (κ3) is 4.92. The lowest BCUT2D eigenvalue weighted by molar-refractivity contribution is -0.131. The number of hydrogen-bond donors (Lipinski definition) is 2.